The van der Waals surface area contributed by atoms with Crippen LogP contribution >= 0.6 is 15.9 Å². The second-order valence-corrected chi connectivity index (χ2v) is 5.14. The molecule has 1 aliphatic heterocycles. The Balaban J connectivity index is 2.22. The predicted octanol–water partition coefficient (Wildman–Crippen LogP) is 2.64. The van der Waals surface area contributed by atoms with Crippen molar-refractivity contribution in [2.45, 2.75) is 19.4 Å². The van der Waals surface area contributed by atoms with Crippen molar-refractivity contribution < 1.29 is 0 Å². The SMILES string of the molecule is Cc1nc2c(Br)cccc2n1C1CCNC1. The molecule has 0 bridgehead atoms. The molecule has 2 aromatic rings. The number of nitrogens with zero attached hydrogens (tertiary/aromatic N) is 2. The summed E-state index contributed by atoms with van der Waals surface area (Å²) in [4.78, 5) is 4.65. The van der Waals surface area contributed by atoms with Gasteiger partial charge in [-0.25, -0.2) is 4.98 Å². The number of para-hydroxylation sites is 1. The smallest absolute Gasteiger partial charge is 0.107 e. The lowest BCUT2D eigenvalue weighted by Crippen LogP contribution is -2.14. The van der Waals surface area contributed by atoms with Crippen molar-refractivity contribution >= 4 is 27.0 Å². The van der Waals surface area contributed by atoms with Crippen LogP contribution in [0.15, 0.2) is 22.7 Å². The summed E-state index contributed by atoms with van der Waals surface area (Å²) in [6.45, 7) is 4.25. The van der Waals surface area contributed by atoms with E-state index in [0.29, 0.717) is 6.04 Å². The van der Waals surface area contributed by atoms with Crippen LogP contribution in [0.2, 0.25) is 0 Å². The van der Waals surface area contributed by atoms with E-state index >= 15 is 0 Å². The lowest BCUT2D eigenvalue weighted by molar-refractivity contribution is 0.548. The molecule has 1 atom stereocenters. The van der Waals surface area contributed by atoms with Crippen LogP contribution in [0.5, 0.6) is 0 Å². The van der Waals surface area contributed by atoms with Gasteiger partial charge in [-0.15, -0.1) is 0 Å². The molecular formula is C12H14BrN3. The van der Waals surface area contributed by atoms with Gasteiger partial charge < -0.3 is 9.88 Å². The molecule has 4 heteroatoms. The van der Waals surface area contributed by atoms with E-state index in [-0.39, 0.29) is 0 Å². The van der Waals surface area contributed by atoms with Gasteiger partial charge in [0.15, 0.2) is 0 Å². The number of aryl methyl sites for hydroxylation is 1. The fraction of sp³-hybridized carbons (Fsp3) is 0.417. The Morgan fingerprint density at radius 1 is 1.50 bits per heavy atom. The van der Waals surface area contributed by atoms with Crippen molar-refractivity contribution in [1.82, 2.24) is 14.9 Å². The molecule has 3 rings (SSSR count). The molecule has 1 unspecified atom stereocenters. The van der Waals surface area contributed by atoms with Crippen molar-refractivity contribution in [2.75, 3.05) is 13.1 Å². The van der Waals surface area contributed by atoms with E-state index in [1.165, 1.54) is 11.9 Å². The van der Waals surface area contributed by atoms with Gasteiger partial charge >= 0.3 is 0 Å². The first kappa shape index (κ1) is 10.3. The minimum absolute atomic E-state index is 0.555. The molecule has 0 saturated carbocycles. The molecule has 0 aliphatic carbocycles. The number of hydrogen-bond acceptors (Lipinski definition) is 2. The number of fused-ring (bicyclic) bond motifs is 1. The fourth-order valence-electron chi connectivity index (χ4n) is 2.52. The Morgan fingerprint density at radius 3 is 3.12 bits per heavy atom. The van der Waals surface area contributed by atoms with Crippen molar-refractivity contribution in [3.63, 3.8) is 0 Å². The molecule has 0 radical (unpaired) electrons. The first-order valence-electron chi connectivity index (χ1n) is 5.61. The maximum atomic E-state index is 4.65. The van der Waals surface area contributed by atoms with E-state index in [1.807, 2.05) is 6.07 Å². The van der Waals surface area contributed by atoms with Gasteiger partial charge in [0.05, 0.1) is 5.52 Å². The Hall–Kier alpha value is -0.870. The van der Waals surface area contributed by atoms with Crippen LogP contribution in [0.1, 0.15) is 18.3 Å². The lowest BCUT2D eigenvalue weighted by Gasteiger charge is -2.13. The molecule has 1 fully saturated rings. The van der Waals surface area contributed by atoms with E-state index in [4.69, 9.17) is 0 Å². The normalized spacial score (nSPS) is 20.8. The quantitative estimate of drug-likeness (QED) is 0.870. The summed E-state index contributed by atoms with van der Waals surface area (Å²) in [6, 6.07) is 6.83. The van der Waals surface area contributed by atoms with Gasteiger partial charge in [0.25, 0.3) is 0 Å². The topological polar surface area (TPSA) is 29.9 Å². The average molecular weight is 280 g/mol. The summed E-state index contributed by atoms with van der Waals surface area (Å²) < 4.78 is 3.44. The van der Waals surface area contributed by atoms with Gasteiger partial charge in [0.2, 0.25) is 0 Å². The summed E-state index contributed by atoms with van der Waals surface area (Å²) in [5.41, 5.74) is 2.31. The van der Waals surface area contributed by atoms with Crippen molar-refractivity contribution in [3.8, 4) is 0 Å². The van der Waals surface area contributed by atoms with E-state index in [0.717, 1.165) is 28.9 Å². The molecule has 0 spiro atoms. The van der Waals surface area contributed by atoms with Gasteiger partial charge in [-0.2, -0.15) is 0 Å². The third-order valence-corrected chi connectivity index (χ3v) is 3.89. The van der Waals surface area contributed by atoms with E-state index in [1.54, 1.807) is 0 Å². The third kappa shape index (κ3) is 1.48. The molecule has 1 aromatic heterocycles. The Kier molecular flexibility index (Phi) is 2.48. The molecular weight excluding hydrogens is 266 g/mol. The van der Waals surface area contributed by atoms with Gasteiger partial charge in [-0.1, -0.05) is 6.07 Å². The largest absolute Gasteiger partial charge is 0.324 e. The molecule has 1 aliphatic rings. The number of benzene rings is 1. The Morgan fingerprint density at radius 2 is 2.38 bits per heavy atom. The molecule has 1 saturated heterocycles. The fourth-order valence-corrected chi connectivity index (χ4v) is 2.96. The van der Waals surface area contributed by atoms with Crippen molar-refractivity contribution in [1.29, 1.82) is 0 Å². The lowest BCUT2D eigenvalue weighted by atomic mass is 10.2. The van der Waals surface area contributed by atoms with Gasteiger partial charge in [0.1, 0.15) is 11.3 Å². The molecule has 0 amide bonds. The second kappa shape index (κ2) is 3.86. The second-order valence-electron chi connectivity index (χ2n) is 4.28. The van der Waals surface area contributed by atoms with Crippen LogP contribution in [0, 0.1) is 6.92 Å². The highest BCUT2D eigenvalue weighted by atomic mass is 79.9. The Labute approximate surface area is 103 Å². The summed E-state index contributed by atoms with van der Waals surface area (Å²) in [5.74, 6) is 1.11. The van der Waals surface area contributed by atoms with Crippen LogP contribution in [0.4, 0.5) is 0 Å². The first-order chi connectivity index (χ1) is 7.77. The highest BCUT2D eigenvalue weighted by Crippen LogP contribution is 2.28. The third-order valence-electron chi connectivity index (χ3n) is 3.25. The molecule has 3 nitrogen and oxygen atoms in total. The zero-order valence-electron chi connectivity index (χ0n) is 9.20. The first-order valence-corrected chi connectivity index (χ1v) is 6.40. The molecule has 1 aromatic carbocycles. The van der Waals surface area contributed by atoms with Gasteiger partial charge in [0, 0.05) is 17.1 Å². The number of nitrogens with one attached hydrogen (secondary N) is 1. The number of halogens is 1. The number of imidazole rings is 1. The number of hydrogen-bond donors (Lipinski definition) is 1. The monoisotopic (exact) mass is 279 g/mol. The summed E-state index contributed by atoms with van der Waals surface area (Å²) in [5, 5.41) is 3.41. The van der Waals surface area contributed by atoms with Crippen LogP contribution in [0.3, 0.4) is 0 Å². The molecule has 84 valence electrons. The van der Waals surface area contributed by atoms with Crippen LogP contribution in [-0.4, -0.2) is 22.6 Å². The summed E-state index contributed by atoms with van der Waals surface area (Å²) in [6.07, 6.45) is 1.19. The number of aromatic nitrogens is 2. The molecule has 2 heterocycles. The maximum Gasteiger partial charge on any atom is 0.107 e. The van der Waals surface area contributed by atoms with Crippen molar-refractivity contribution in [3.05, 3.63) is 28.5 Å². The summed E-state index contributed by atoms with van der Waals surface area (Å²) >= 11 is 3.56. The van der Waals surface area contributed by atoms with E-state index < -0.39 is 0 Å². The molecule has 1 N–H and O–H groups in total. The Bertz CT molecular complexity index is 526. The summed E-state index contributed by atoms with van der Waals surface area (Å²) in [7, 11) is 0. The van der Waals surface area contributed by atoms with Crippen LogP contribution < -0.4 is 5.32 Å². The highest BCUT2D eigenvalue weighted by Gasteiger charge is 2.21. The minimum atomic E-state index is 0.555. The van der Waals surface area contributed by atoms with E-state index in [9.17, 15) is 0 Å². The van der Waals surface area contributed by atoms with Crippen molar-refractivity contribution in [2.24, 2.45) is 0 Å². The number of rotatable bonds is 1. The average Bonchev–Trinajstić information content (AvgIpc) is 2.85. The zero-order valence-corrected chi connectivity index (χ0v) is 10.8. The standard InChI is InChI=1S/C12H14BrN3/c1-8-15-12-10(13)3-2-4-11(12)16(8)9-5-6-14-7-9/h2-4,9,14H,5-7H2,1H3. The van der Waals surface area contributed by atoms with Crippen LogP contribution in [0.25, 0.3) is 11.0 Å². The zero-order chi connectivity index (χ0) is 11.1. The van der Waals surface area contributed by atoms with Gasteiger partial charge in [-0.3, -0.25) is 0 Å². The van der Waals surface area contributed by atoms with Gasteiger partial charge in [-0.05, 0) is 48.0 Å². The maximum absolute atomic E-state index is 4.65. The van der Waals surface area contributed by atoms with Crippen LogP contribution in [-0.2, 0) is 0 Å². The van der Waals surface area contributed by atoms with E-state index in [2.05, 4.69) is 49.9 Å². The molecule has 16 heavy (non-hydrogen) atoms. The highest BCUT2D eigenvalue weighted by molar-refractivity contribution is 9.10. The predicted molar refractivity (Wildman–Crippen MR) is 68.7 cm³/mol. The minimum Gasteiger partial charge on any atom is -0.324 e.